The molecule has 21 heavy (non-hydrogen) atoms. The molecule has 4 heterocycles. The van der Waals surface area contributed by atoms with Gasteiger partial charge in [0.25, 0.3) is 0 Å². The molecule has 2 aromatic heterocycles. The van der Waals surface area contributed by atoms with Gasteiger partial charge in [-0.25, -0.2) is 0 Å². The number of hydrogen-bond donors (Lipinski definition) is 0. The first-order valence-corrected chi connectivity index (χ1v) is 9.68. The molecule has 0 spiro atoms. The fraction of sp³-hybridized carbons (Fsp3) is 0.444. The summed E-state index contributed by atoms with van der Waals surface area (Å²) in [6.45, 7) is 0. The zero-order chi connectivity index (χ0) is 14.2. The van der Waals surface area contributed by atoms with Crippen molar-refractivity contribution in [1.29, 1.82) is 0 Å². The van der Waals surface area contributed by atoms with Crippen molar-refractivity contribution < 1.29 is 0 Å². The second-order valence-electron chi connectivity index (χ2n) is 6.39. The van der Waals surface area contributed by atoms with Gasteiger partial charge in [0, 0.05) is 12.1 Å². The summed E-state index contributed by atoms with van der Waals surface area (Å²) >= 11 is 3.59. The molecule has 110 valence electrons. The average Bonchev–Trinajstić information content (AvgIpc) is 3.20. The largest absolute Gasteiger partial charge is 0.300 e. The van der Waals surface area contributed by atoms with Crippen LogP contribution < -0.4 is 0 Å². The van der Waals surface area contributed by atoms with Gasteiger partial charge in [0.15, 0.2) is 0 Å². The minimum absolute atomic E-state index is 0.744. The van der Waals surface area contributed by atoms with E-state index in [-0.39, 0.29) is 0 Å². The number of piperidine rings is 1. The molecule has 1 unspecified atom stereocenters. The summed E-state index contributed by atoms with van der Waals surface area (Å²) in [6, 6.07) is 6.16. The Labute approximate surface area is 134 Å². The molecule has 4 rings (SSSR count). The summed E-state index contributed by atoms with van der Waals surface area (Å²) < 4.78 is 0. The van der Waals surface area contributed by atoms with Crippen LogP contribution in [0.25, 0.3) is 5.57 Å². The third-order valence-electron chi connectivity index (χ3n) is 5.20. The summed E-state index contributed by atoms with van der Waals surface area (Å²) in [6.07, 6.45) is 8.05. The van der Waals surface area contributed by atoms with Crippen LogP contribution in [0.1, 0.15) is 36.8 Å². The van der Waals surface area contributed by atoms with E-state index < -0.39 is 0 Å². The first kappa shape index (κ1) is 13.7. The van der Waals surface area contributed by atoms with E-state index in [0.29, 0.717) is 0 Å². The Kier molecular flexibility index (Phi) is 3.74. The zero-order valence-electron chi connectivity index (χ0n) is 12.4. The van der Waals surface area contributed by atoms with E-state index in [1.807, 2.05) is 0 Å². The van der Waals surface area contributed by atoms with E-state index in [4.69, 9.17) is 0 Å². The highest BCUT2D eigenvalue weighted by atomic mass is 32.1. The normalized spacial score (nSPS) is 28.7. The lowest BCUT2D eigenvalue weighted by Gasteiger charge is -2.35. The van der Waals surface area contributed by atoms with Crippen LogP contribution in [0.3, 0.4) is 0 Å². The van der Waals surface area contributed by atoms with Crippen LogP contribution in [0.4, 0.5) is 0 Å². The van der Waals surface area contributed by atoms with Gasteiger partial charge in [-0.2, -0.15) is 22.7 Å². The lowest BCUT2D eigenvalue weighted by Crippen LogP contribution is -2.39. The van der Waals surface area contributed by atoms with Crippen molar-refractivity contribution in [3.63, 3.8) is 0 Å². The van der Waals surface area contributed by atoms with Gasteiger partial charge >= 0.3 is 0 Å². The van der Waals surface area contributed by atoms with Crippen LogP contribution in [0.5, 0.6) is 0 Å². The molecular weight excluding hydrogens is 294 g/mol. The van der Waals surface area contributed by atoms with Crippen molar-refractivity contribution in [2.75, 3.05) is 7.05 Å². The standard InChI is InChI=1S/C18H21NS2/c1-19-16-2-3-17(19)9-13(8-16)10-18(14-4-6-20-11-14)15-5-7-21-12-15/h4-7,10-13,16-17H,2-3,8-9H2,1H3/t13?,16-,17+. The maximum Gasteiger partial charge on any atom is 0.0101 e. The Morgan fingerprint density at radius 2 is 1.62 bits per heavy atom. The van der Waals surface area contributed by atoms with E-state index in [1.165, 1.54) is 42.4 Å². The molecule has 0 aliphatic carbocycles. The molecule has 3 atom stereocenters. The first-order valence-electron chi connectivity index (χ1n) is 7.80. The number of rotatable bonds is 3. The van der Waals surface area contributed by atoms with Gasteiger partial charge in [-0.3, -0.25) is 0 Å². The number of allylic oxidation sites excluding steroid dienone is 1. The highest BCUT2D eigenvalue weighted by Crippen LogP contribution is 2.40. The molecule has 0 amide bonds. The molecule has 0 saturated carbocycles. The molecule has 2 saturated heterocycles. The summed E-state index contributed by atoms with van der Waals surface area (Å²) in [7, 11) is 2.32. The van der Waals surface area contributed by atoms with Crippen LogP contribution in [0.15, 0.2) is 39.7 Å². The molecule has 2 aliphatic rings. The molecule has 0 N–H and O–H groups in total. The van der Waals surface area contributed by atoms with E-state index in [0.717, 1.165) is 18.0 Å². The minimum atomic E-state index is 0.744. The van der Waals surface area contributed by atoms with Gasteiger partial charge in [-0.15, -0.1) is 0 Å². The van der Waals surface area contributed by atoms with Crippen molar-refractivity contribution in [2.24, 2.45) is 5.92 Å². The molecular formula is C18H21NS2. The van der Waals surface area contributed by atoms with Gasteiger partial charge in [-0.1, -0.05) is 6.08 Å². The SMILES string of the molecule is CN1[C@@H]2CC[C@H]1CC(C=C(c1ccsc1)c1ccsc1)C2. The van der Waals surface area contributed by atoms with Crippen molar-refractivity contribution in [3.8, 4) is 0 Å². The van der Waals surface area contributed by atoms with Crippen molar-refractivity contribution >= 4 is 28.2 Å². The van der Waals surface area contributed by atoms with Crippen LogP contribution >= 0.6 is 22.7 Å². The molecule has 1 nitrogen and oxygen atoms in total. The predicted molar refractivity (Wildman–Crippen MR) is 93.0 cm³/mol. The highest BCUT2D eigenvalue weighted by molar-refractivity contribution is 7.08. The Morgan fingerprint density at radius 3 is 2.10 bits per heavy atom. The third-order valence-corrected chi connectivity index (χ3v) is 6.57. The van der Waals surface area contributed by atoms with E-state index >= 15 is 0 Å². The van der Waals surface area contributed by atoms with Crippen LogP contribution in [0, 0.1) is 5.92 Å². The molecule has 0 radical (unpaired) electrons. The highest BCUT2D eigenvalue weighted by Gasteiger charge is 2.37. The Bertz CT molecular complexity index is 561. The number of fused-ring (bicyclic) bond motifs is 2. The topological polar surface area (TPSA) is 3.24 Å². The van der Waals surface area contributed by atoms with Gasteiger partial charge in [0.05, 0.1) is 0 Å². The third kappa shape index (κ3) is 2.63. The lowest BCUT2D eigenvalue weighted by molar-refractivity contribution is 0.152. The van der Waals surface area contributed by atoms with Gasteiger partial charge < -0.3 is 4.90 Å². The number of hydrogen-bond acceptors (Lipinski definition) is 3. The molecule has 2 aliphatic heterocycles. The van der Waals surface area contributed by atoms with Crippen molar-refractivity contribution in [2.45, 2.75) is 37.8 Å². The molecule has 2 aromatic rings. The number of thiophene rings is 2. The summed E-state index contributed by atoms with van der Waals surface area (Å²) in [5.41, 5.74) is 4.24. The fourth-order valence-electron chi connectivity index (χ4n) is 4.02. The Balaban J connectivity index is 1.65. The van der Waals surface area contributed by atoms with Gasteiger partial charge in [-0.05, 0) is 89.0 Å². The summed E-state index contributed by atoms with van der Waals surface area (Å²) in [4.78, 5) is 2.62. The van der Waals surface area contributed by atoms with Crippen LogP contribution in [0.2, 0.25) is 0 Å². The maximum atomic E-state index is 2.62. The van der Waals surface area contributed by atoms with Gasteiger partial charge in [0.1, 0.15) is 0 Å². The average molecular weight is 316 g/mol. The van der Waals surface area contributed by atoms with E-state index in [1.54, 1.807) is 22.7 Å². The monoisotopic (exact) mass is 315 g/mol. The Hall–Kier alpha value is -0.900. The zero-order valence-corrected chi connectivity index (χ0v) is 14.0. The molecule has 2 bridgehead atoms. The summed E-state index contributed by atoms with van der Waals surface area (Å²) in [5.74, 6) is 0.744. The van der Waals surface area contributed by atoms with E-state index in [2.05, 4.69) is 51.7 Å². The van der Waals surface area contributed by atoms with Gasteiger partial charge in [0.2, 0.25) is 0 Å². The predicted octanol–water partition coefficient (Wildman–Crippen LogP) is 5.11. The minimum Gasteiger partial charge on any atom is -0.300 e. The number of nitrogens with zero attached hydrogens (tertiary/aromatic N) is 1. The lowest BCUT2D eigenvalue weighted by atomic mass is 9.87. The summed E-state index contributed by atoms with van der Waals surface area (Å²) in [5, 5.41) is 8.95. The van der Waals surface area contributed by atoms with Crippen LogP contribution in [-0.2, 0) is 0 Å². The van der Waals surface area contributed by atoms with Crippen molar-refractivity contribution in [3.05, 3.63) is 50.9 Å². The maximum absolute atomic E-state index is 2.62. The fourth-order valence-corrected chi connectivity index (χ4v) is 5.33. The first-order chi connectivity index (χ1) is 10.3. The molecule has 3 heteroatoms. The second kappa shape index (κ2) is 5.71. The quantitative estimate of drug-likeness (QED) is 0.760. The van der Waals surface area contributed by atoms with E-state index in [9.17, 15) is 0 Å². The Morgan fingerprint density at radius 1 is 1.05 bits per heavy atom. The molecule has 2 fully saturated rings. The second-order valence-corrected chi connectivity index (χ2v) is 7.95. The van der Waals surface area contributed by atoms with Crippen LogP contribution in [-0.4, -0.2) is 24.0 Å². The van der Waals surface area contributed by atoms with Crippen molar-refractivity contribution in [1.82, 2.24) is 4.90 Å². The molecule has 0 aromatic carbocycles. The smallest absolute Gasteiger partial charge is 0.0101 e.